The third kappa shape index (κ3) is 5.12. The Balaban J connectivity index is 1.40. The molecule has 0 spiro atoms. The van der Waals surface area contributed by atoms with E-state index in [1.54, 1.807) is 11.3 Å². The summed E-state index contributed by atoms with van der Waals surface area (Å²) in [5.74, 6) is 0.782. The number of nitrogens with zero attached hydrogens (tertiary/aromatic N) is 2. The quantitative estimate of drug-likeness (QED) is 0.745. The second-order valence-electron chi connectivity index (χ2n) is 8.03. The zero-order chi connectivity index (χ0) is 20.3. The fraction of sp³-hybridized carbons (Fsp3) is 0.591. The number of thiazole rings is 1. The number of ether oxygens (including phenoxy) is 2. The van der Waals surface area contributed by atoms with E-state index in [1.807, 2.05) is 31.2 Å². The highest BCUT2D eigenvalue weighted by molar-refractivity contribution is 7.11. The number of aromatic nitrogens is 1. The summed E-state index contributed by atoms with van der Waals surface area (Å²) < 4.78 is 11.4. The Morgan fingerprint density at radius 2 is 2.00 bits per heavy atom. The van der Waals surface area contributed by atoms with Gasteiger partial charge < -0.3 is 19.5 Å². The number of benzene rings is 1. The summed E-state index contributed by atoms with van der Waals surface area (Å²) in [5, 5.41) is 13.0. The third-order valence-electron chi connectivity index (χ3n) is 6.03. The molecule has 5 nitrogen and oxygen atoms in total. The lowest BCUT2D eigenvalue weighted by atomic mass is 9.96. The highest BCUT2D eigenvalue weighted by Crippen LogP contribution is 2.37. The van der Waals surface area contributed by atoms with Crippen LogP contribution in [0.4, 0.5) is 0 Å². The summed E-state index contributed by atoms with van der Waals surface area (Å²) in [5.41, 5.74) is 0.103. The lowest BCUT2D eigenvalue weighted by Crippen LogP contribution is -2.40. The maximum atomic E-state index is 11.4. The van der Waals surface area contributed by atoms with Gasteiger partial charge >= 0.3 is 0 Å². The van der Waals surface area contributed by atoms with E-state index in [-0.39, 0.29) is 0 Å². The molecule has 0 amide bonds. The molecule has 158 valence electrons. The van der Waals surface area contributed by atoms with Gasteiger partial charge in [0.05, 0.1) is 10.6 Å². The standard InChI is InChI=1S/C22H29ClN2O3S/c1-16-20(15-28-19-5-3-17(23)4-6-19)29-21(24-16)22(26)9-2-11-25(12-10-22)18-7-13-27-14-8-18/h3-6,18,26H,2,7-15H2,1H3/t22-/m1/s1. The number of hydrogen-bond acceptors (Lipinski definition) is 6. The predicted molar refractivity (Wildman–Crippen MR) is 116 cm³/mol. The molecule has 2 aliphatic rings. The molecule has 1 N–H and O–H groups in total. The van der Waals surface area contributed by atoms with Gasteiger partial charge in [0.2, 0.25) is 0 Å². The number of likely N-dealkylation sites (tertiary alicyclic amines) is 1. The molecule has 4 rings (SSSR count). The summed E-state index contributed by atoms with van der Waals surface area (Å²) >= 11 is 7.51. The molecule has 1 atom stereocenters. The number of hydrogen-bond donors (Lipinski definition) is 1. The zero-order valence-corrected chi connectivity index (χ0v) is 18.5. The Bertz CT molecular complexity index is 807. The zero-order valence-electron chi connectivity index (χ0n) is 16.9. The van der Waals surface area contributed by atoms with Crippen molar-refractivity contribution in [3.8, 4) is 5.75 Å². The normalized spacial score (nSPS) is 24.4. The van der Waals surface area contributed by atoms with Crippen molar-refractivity contribution in [2.24, 2.45) is 0 Å². The fourth-order valence-electron chi connectivity index (χ4n) is 4.21. The van der Waals surface area contributed by atoms with Crippen LogP contribution in [0.2, 0.25) is 5.02 Å². The van der Waals surface area contributed by atoms with Crippen LogP contribution in [0.3, 0.4) is 0 Å². The second kappa shape index (κ2) is 9.31. The van der Waals surface area contributed by atoms with Crippen molar-refractivity contribution in [1.82, 2.24) is 9.88 Å². The van der Waals surface area contributed by atoms with Crippen molar-refractivity contribution >= 4 is 22.9 Å². The van der Waals surface area contributed by atoms with Gasteiger partial charge in [-0.15, -0.1) is 11.3 Å². The Hall–Kier alpha value is -1.18. The Morgan fingerprint density at radius 3 is 2.76 bits per heavy atom. The van der Waals surface area contributed by atoms with E-state index < -0.39 is 5.60 Å². The first-order valence-electron chi connectivity index (χ1n) is 10.4. The number of aryl methyl sites for hydroxylation is 1. The van der Waals surface area contributed by atoms with Crippen molar-refractivity contribution in [3.63, 3.8) is 0 Å². The molecule has 0 unspecified atom stereocenters. The molecule has 0 bridgehead atoms. The van der Waals surface area contributed by atoms with Crippen LogP contribution >= 0.6 is 22.9 Å². The molecule has 0 radical (unpaired) electrons. The van der Waals surface area contributed by atoms with Crippen LogP contribution in [0.15, 0.2) is 24.3 Å². The van der Waals surface area contributed by atoms with E-state index in [2.05, 4.69) is 4.90 Å². The number of aliphatic hydroxyl groups is 1. The van der Waals surface area contributed by atoms with Crippen LogP contribution in [0.5, 0.6) is 5.75 Å². The van der Waals surface area contributed by atoms with Gasteiger partial charge in [-0.2, -0.15) is 0 Å². The summed E-state index contributed by atoms with van der Waals surface area (Å²) in [6.07, 6.45) is 4.68. The number of rotatable bonds is 5. The van der Waals surface area contributed by atoms with Gasteiger partial charge in [-0.3, -0.25) is 0 Å². The molecular weight excluding hydrogens is 408 g/mol. The van der Waals surface area contributed by atoms with E-state index in [4.69, 9.17) is 26.1 Å². The van der Waals surface area contributed by atoms with Crippen LogP contribution < -0.4 is 4.74 Å². The molecule has 1 aromatic carbocycles. The number of halogens is 1. The molecule has 2 saturated heterocycles. The molecular formula is C22H29ClN2O3S. The van der Waals surface area contributed by atoms with Crippen molar-refractivity contribution in [2.45, 2.75) is 57.3 Å². The summed E-state index contributed by atoms with van der Waals surface area (Å²) in [6, 6.07) is 7.96. The largest absolute Gasteiger partial charge is 0.488 e. The van der Waals surface area contributed by atoms with Crippen molar-refractivity contribution in [3.05, 3.63) is 44.9 Å². The molecule has 0 saturated carbocycles. The van der Waals surface area contributed by atoms with Crippen LogP contribution in [0.25, 0.3) is 0 Å². The van der Waals surface area contributed by atoms with Crippen LogP contribution in [-0.4, -0.2) is 47.3 Å². The molecule has 7 heteroatoms. The first kappa shape index (κ1) is 21.1. The Labute approximate surface area is 181 Å². The smallest absolute Gasteiger partial charge is 0.125 e. The maximum Gasteiger partial charge on any atom is 0.125 e. The van der Waals surface area contributed by atoms with Gasteiger partial charge in [0.1, 0.15) is 23.0 Å². The van der Waals surface area contributed by atoms with Crippen LogP contribution in [0.1, 0.15) is 47.7 Å². The van der Waals surface area contributed by atoms with Crippen LogP contribution in [0, 0.1) is 6.92 Å². The summed E-state index contributed by atoms with van der Waals surface area (Å²) in [4.78, 5) is 8.35. The summed E-state index contributed by atoms with van der Waals surface area (Å²) in [7, 11) is 0. The van der Waals surface area contributed by atoms with Gasteiger partial charge in [-0.1, -0.05) is 11.6 Å². The predicted octanol–water partition coefficient (Wildman–Crippen LogP) is 4.54. The molecule has 2 aliphatic heterocycles. The lowest BCUT2D eigenvalue weighted by Gasteiger charge is -2.33. The molecule has 29 heavy (non-hydrogen) atoms. The Kier molecular flexibility index (Phi) is 6.76. The molecule has 2 aromatic rings. The molecule has 2 fully saturated rings. The van der Waals surface area contributed by atoms with Crippen LogP contribution in [-0.2, 0) is 16.9 Å². The van der Waals surface area contributed by atoms with E-state index in [9.17, 15) is 5.11 Å². The van der Waals surface area contributed by atoms with E-state index in [1.165, 1.54) is 0 Å². The average molecular weight is 437 g/mol. The minimum atomic E-state index is -0.839. The lowest BCUT2D eigenvalue weighted by molar-refractivity contribution is 0.0112. The highest BCUT2D eigenvalue weighted by Gasteiger charge is 2.37. The minimum absolute atomic E-state index is 0.454. The maximum absolute atomic E-state index is 11.4. The van der Waals surface area contributed by atoms with Gasteiger partial charge in [0.25, 0.3) is 0 Å². The van der Waals surface area contributed by atoms with Crippen molar-refractivity contribution < 1.29 is 14.6 Å². The summed E-state index contributed by atoms with van der Waals surface area (Å²) in [6.45, 7) is 6.12. The Morgan fingerprint density at radius 1 is 1.24 bits per heavy atom. The third-order valence-corrected chi connectivity index (χ3v) is 7.61. The molecule has 0 aliphatic carbocycles. The first-order valence-corrected chi connectivity index (χ1v) is 11.6. The SMILES string of the molecule is Cc1nc([C@@]2(O)CCCN(C3CCOCC3)CC2)sc1COc1ccc(Cl)cc1. The van der Waals surface area contributed by atoms with Gasteiger partial charge in [-0.25, -0.2) is 4.98 Å². The fourth-order valence-corrected chi connectivity index (χ4v) is 5.46. The highest BCUT2D eigenvalue weighted by atomic mass is 35.5. The minimum Gasteiger partial charge on any atom is -0.488 e. The van der Waals surface area contributed by atoms with Gasteiger partial charge in [-0.05, 0) is 69.8 Å². The molecule has 1 aromatic heterocycles. The monoisotopic (exact) mass is 436 g/mol. The van der Waals surface area contributed by atoms with Gasteiger partial charge in [0, 0.05) is 30.8 Å². The van der Waals surface area contributed by atoms with E-state index in [0.717, 1.165) is 79.7 Å². The molecule has 3 heterocycles. The average Bonchev–Trinajstić information content (AvgIpc) is 2.99. The van der Waals surface area contributed by atoms with Crippen molar-refractivity contribution in [1.29, 1.82) is 0 Å². The van der Waals surface area contributed by atoms with E-state index >= 15 is 0 Å². The van der Waals surface area contributed by atoms with E-state index in [0.29, 0.717) is 17.7 Å². The second-order valence-corrected chi connectivity index (χ2v) is 9.55. The first-order chi connectivity index (χ1) is 14.0. The van der Waals surface area contributed by atoms with Gasteiger partial charge in [0.15, 0.2) is 0 Å². The topological polar surface area (TPSA) is 54.8 Å². The van der Waals surface area contributed by atoms with Crippen molar-refractivity contribution in [2.75, 3.05) is 26.3 Å².